The van der Waals surface area contributed by atoms with Gasteiger partial charge in [0.15, 0.2) is 18.2 Å². The lowest BCUT2D eigenvalue weighted by molar-refractivity contribution is 0.0931. The lowest BCUT2D eigenvalue weighted by Gasteiger charge is -2.14. The standard InChI is InChI=1S/C20H25N5O4/c1-5-24-11-9-15(22-24)14(2)21-20(26)16-10-12-25(23-16)13-29-19-17(27-3)7-6-8-18(19)28-4/h6-12,14H,5,13H2,1-4H3,(H,21,26). The molecular formula is C20H25N5O4. The van der Waals surface area contributed by atoms with Crippen molar-refractivity contribution in [3.8, 4) is 17.2 Å². The van der Waals surface area contributed by atoms with Crippen molar-refractivity contribution in [1.82, 2.24) is 24.9 Å². The topological polar surface area (TPSA) is 92.4 Å². The Labute approximate surface area is 169 Å². The van der Waals surface area contributed by atoms with Gasteiger partial charge in [-0.15, -0.1) is 0 Å². The smallest absolute Gasteiger partial charge is 0.272 e. The lowest BCUT2D eigenvalue weighted by Crippen LogP contribution is -2.27. The van der Waals surface area contributed by atoms with E-state index in [0.29, 0.717) is 22.9 Å². The summed E-state index contributed by atoms with van der Waals surface area (Å²) in [6, 6.07) is 8.67. The van der Waals surface area contributed by atoms with E-state index in [4.69, 9.17) is 14.2 Å². The molecule has 0 aliphatic rings. The first-order chi connectivity index (χ1) is 14.0. The molecule has 0 aliphatic carbocycles. The van der Waals surface area contributed by atoms with Crippen LogP contribution >= 0.6 is 0 Å². The average Bonchev–Trinajstić information content (AvgIpc) is 3.41. The molecule has 0 spiro atoms. The number of aromatic nitrogens is 4. The predicted octanol–water partition coefficient (Wildman–Crippen LogP) is 2.64. The highest BCUT2D eigenvalue weighted by Crippen LogP contribution is 2.36. The summed E-state index contributed by atoms with van der Waals surface area (Å²) in [4.78, 5) is 12.5. The van der Waals surface area contributed by atoms with Crippen LogP contribution in [-0.2, 0) is 13.3 Å². The molecule has 1 aromatic carbocycles. The summed E-state index contributed by atoms with van der Waals surface area (Å²) >= 11 is 0. The van der Waals surface area contributed by atoms with Crippen LogP contribution in [-0.4, -0.2) is 39.7 Å². The zero-order chi connectivity index (χ0) is 20.8. The van der Waals surface area contributed by atoms with E-state index in [9.17, 15) is 4.79 Å². The fourth-order valence-corrected chi connectivity index (χ4v) is 2.77. The fraction of sp³-hybridized carbons (Fsp3) is 0.350. The van der Waals surface area contributed by atoms with Crippen LogP contribution in [0, 0.1) is 0 Å². The second-order valence-corrected chi connectivity index (χ2v) is 6.30. The third-order valence-electron chi connectivity index (χ3n) is 4.37. The minimum absolute atomic E-state index is 0.0977. The van der Waals surface area contributed by atoms with E-state index in [1.165, 1.54) is 4.68 Å². The molecule has 1 N–H and O–H groups in total. The zero-order valence-corrected chi connectivity index (χ0v) is 17.0. The number of hydrogen-bond acceptors (Lipinski definition) is 6. The van der Waals surface area contributed by atoms with E-state index in [0.717, 1.165) is 12.2 Å². The molecule has 1 amide bonds. The summed E-state index contributed by atoms with van der Waals surface area (Å²) in [6.45, 7) is 4.77. The Balaban J connectivity index is 1.63. The second-order valence-electron chi connectivity index (χ2n) is 6.30. The largest absolute Gasteiger partial charge is 0.493 e. The number of ether oxygens (including phenoxy) is 3. The van der Waals surface area contributed by atoms with Crippen LogP contribution in [0.3, 0.4) is 0 Å². The molecule has 1 unspecified atom stereocenters. The molecule has 1 atom stereocenters. The monoisotopic (exact) mass is 399 g/mol. The summed E-state index contributed by atoms with van der Waals surface area (Å²) in [6.07, 6.45) is 3.56. The highest BCUT2D eigenvalue weighted by atomic mass is 16.5. The normalized spacial score (nSPS) is 11.7. The Morgan fingerprint density at radius 3 is 2.38 bits per heavy atom. The van der Waals surface area contributed by atoms with Crippen molar-refractivity contribution in [3.05, 3.63) is 54.1 Å². The first-order valence-electron chi connectivity index (χ1n) is 9.27. The number of nitrogens with zero attached hydrogens (tertiary/aromatic N) is 4. The molecule has 2 heterocycles. The van der Waals surface area contributed by atoms with Gasteiger partial charge in [-0.1, -0.05) is 6.07 Å². The summed E-state index contributed by atoms with van der Waals surface area (Å²) in [5.41, 5.74) is 1.09. The molecule has 3 aromatic rings. The van der Waals surface area contributed by atoms with Gasteiger partial charge in [-0.3, -0.25) is 9.48 Å². The number of rotatable bonds is 9. The maximum atomic E-state index is 12.5. The summed E-state index contributed by atoms with van der Waals surface area (Å²) in [7, 11) is 3.12. The summed E-state index contributed by atoms with van der Waals surface area (Å²) in [5, 5.41) is 11.6. The van der Waals surface area contributed by atoms with E-state index < -0.39 is 0 Å². The highest BCUT2D eigenvalue weighted by Gasteiger charge is 2.16. The maximum absolute atomic E-state index is 12.5. The molecule has 9 heteroatoms. The second kappa shape index (κ2) is 9.13. The molecule has 0 radical (unpaired) electrons. The van der Waals surface area contributed by atoms with Crippen molar-refractivity contribution < 1.29 is 19.0 Å². The number of hydrogen-bond donors (Lipinski definition) is 1. The van der Waals surface area contributed by atoms with Gasteiger partial charge in [0.1, 0.15) is 5.69 Å². The zero-order valence-electron chi connectivity index (χ0n) is 17.0. The first-order valence-corrected chi connectivity index (χ1v) is 9.27. The van der Waals surface area contributed by atoms with Gasteiger partial charge in [0.2, 0.25) is 5.75 Å². The number of aryl methyl sites for hydroxylation is 1. The molecule has 2 aromatic heterocycles. The van der Waals surface area contributed by atoms with Gasteiger partial charge < -0.3 is 19.5 Å². The Morgan fingerprint density at radius 2 is 1.76 bits per heavy atom. The van der Waals surface area contributed by atoms with Gasteiger partial charge >= 0.3 is 0 Å². The van der Waals surface area contributed by atoms with E-state index in [2.05, 4.69) is 15.5 Å². The van der Waals surface area contributed by atoms with Crippen LogP contribution in [0.15, 0.2) is 42.7 Å². The SMILES string of the molecule is CCn1ccc(C(C)NC(=O)c2ccn(COc3c(OC)cccc3OC)n2)n1. The molecule has 0 saturated heterocycles. The van der Waals surface area contributed by atoms with Gasteiger partial charge in [-0.25, -0.2) is 4.68 Å². The predicted molar refractivity (Wildman–Crippen MR) is 106 cm³/mol. The minimum atomic E-state index is -0.280. The molecule has 154 valence electrons. The number of benzene rings is 1. The third kappa shape index (κ3) is 4.68. The number of para-hydroxylation sites is 1. The third-order valence-corrected chi connectivity index (χ3v) is 4.37. The van der Waals surface area contributed by atoms with Gasteiger partial charge in [-0.05, 0) is 38.1 Å². The van der Waals surface area contributed by atoms with Crippen LogP contribution in [0.5, 0.6) is 17.2 Å². The average molecular weight is 399 g/mol. The van der Waals surface area contributed by atoms with E-state index in [-0.39, 0.29) is 18.7 Å². The van der Waals surface area contributed by atoms with Crippen LogP contribution in [0.25, 0.3) is 0 Å². The van der Waals surface area contributed by atoms with Gasteiger partial charge in [-0.2, -0.15) is 10.2 Å². The van der Waals surface area contributed by atoms with E-state index in [1.54, 1.807) is 38.6 Å². The molecule has 0 saturated carbocycles. The van der Waals surface area contributed by atoms with Crippen molar-refractivity contribution in [2.75, 3.05) is 14.2 Å². The molecule has 3 rings (SSSR count). The molecule has 29 heavy (non-hydrogen) atoms. The maximum Gasteiger partial charge on any atom is 0.272 e. The molecule has 0 aliphatic heterocycles. The number of carbonyl (C=O) groups is 1. The van der Waals surface area contributed by atoms with Crippen molar-refractivity contribution >= 4 is 5.91 Å². The Hall–Kier alpha value is -3.49. The number of amides is 1. The number of methoxy groups -OCH3 is 2. The van der Waals surface area contributed by atoms with Gasteiger partial charge in [0.05, 0.1) is 26.0 Å². The highest BCUT2D eigenvalue weighted by molar-refractivity contribution is 5.92. The van der Waals surface area contributed by atoms with Crippen LogP contribution in [0.1, 0.15) is 36.1 Å². The molecular weight excluding hydrogens is 374 g/mol. The fourth-order valence-electron chi connectivity index (χ4n) is 2.77. The van der Waals surface area contributed by atoms with Gasteiger partial charge in [0.25, 0.3) is 5.91 Å². The van der Waals surface area contributed by atoms with Crippen molar-refractivity contribution in [2.24, 2.45) is 0 Å². The number of carbonyl (C=O) groups excluding carboxylic acids is 1. The molecule has 0 bridgehead atoms. The van der Waals surface area contributed by atoms with Crippen molar-refractivity contribution in [1.29, 1.82) is 0 Å². The van der Waals surface area contributed by atoms with Crippen molar-refractivity contribution in [3.63, 3.8) is 0 Å². The van der Waals surface area contributed by atoms with Gasteiger partial charge in [0, 0.05) is 18.9 Å². The summed E-state index contributed by atoms with van der Waals surface area (Å²) < 4.78 is 19.8. The van der Waals surface area contributed by atoms with Crippen LogP contribution in [0.4, 0.5) is 0 Å². The minimum Gasteiger partial charge on any atom is -0.493 e. The van der Waals surface area contributed by atoms with Crippen LogP contribution in [0.2, 0.25) is 0 Å². The van der Waals surface area contributed by atoms with Crippen molar-refractivity contribution in [2.45, 2.75) is 33.2 Å². The number of nitrogens with one attached hydrogen (secondary N) is 1. The van der Waals surface area contributed by atoms with Crippen LogP contribution < -0.4 is 19.5 Å². The molecule has 0 fully saturated rings. The van der Waals surface area contributed by atoms with E-state index >= 15 is 0 Å². The Bertz CT molecular complexity index is 943. The Kier molecular flexibility index (Phi) is 6.38. The summed E-state index contributed by atoms with van der Waals surface area (Å²) in [5.74, 6) is 1.29. The molecule has 9 nitrogen and oxygen atoms in total. The first kappa shape index (κ1) is 20.2. The quantitative estimate of drug-likeness (QED) is 0.595. The van der Waals surface area contributed by atoms with E-state index in [1.807, 2.05) is 36.9 Å². The lowest BCUT2D eigenvalue weighted by atomic mass is 10.2. The Morgan fingerprint density at radius 1 is 1.07 bits per heavy atom.